The number of fused-ring (bicyclic) bond motifs is 1. The van der Waals surface area contributed by atoms with E-state index in [0.29, 0.717) is 0 Å². The van der Waals surface area contributed by atoms with Crippen LogP contribution in [0.2, 0.25) is 0 Å². The third-order valence-electron chi connectivity index (χ3n) is 5.89. The fraction of sp³-hybridized carbons (Fsp3) is 0.609. The van der Waals surface area contributed by atoms with Gasteiger partial charge in [-0.15, -0.1) is 10.2 Å². The summed E-state index contributed by atoms with van der Waals surface area (Å²) in [7, 11) is 1.82. The molecule has 1 aliphatic rings. The van der Waals surface area contributed by atoms with Crippen LogP contribution in [0.3, 0.4) is 0 Å². The fourth-order valence-corrected chi connectivity index (χ4v) is 3.84. The summed E-state index contributed by atoms with van der Waals surface area (Å²) >= 11 is 0. The predicted molar refractivity (Wildman–Crippen MR) is 119 cm³/mol. The van der Waals surface area contributed by atoms with Gasteiger partial charge in [-0.1, -0.05) is 51.5 Å². The lowest BCUT2D eigenvalue weighted by atomic mass is 9.84. The molecule has 6 nitrogen and oxygen atoms in total. The molecule has 29 heavy (non-hydrogen) atoms. The van der Waals surface area contributed by atoms with E-state index in [1.165, 1.54) is 30.4 Å². The first kappa shape index (κ1) is 21.3. The molecule has 0 fully saturated rings. The van der Waals surface area contributed by atoms with E-state index in [-0.39, 0.29) is 5.41 Å². The Morgan fingerprint density at radius 3 is 2.62 bits per heavy atom. The maximum absolute atomic E-state index is 4.41. The lowest BCUT2D eigenvalue weighted by Crippen LogP contribution is -2.44. The van der Waals surface area contributed by atoms with Gasteiger partial charge in [-0.25, -0.2) is 0 Å². The molecule has 0 radical (unpaired) electrons. The van der Waals surface area contributed by atoms with Crippen molar-refractivity contribution in [2.45, 2.75) is 71.3 Å². The molecule has 0 unspecified atom stereocenters. The van der Waals surface area contributed by atoms with E-state index in [0.717, 1.165) is 56.5 Å². The minimum atomic E-state index is 0.0220. The molecule has 6 heteroatoms. The number of nitrogens with one attached hydrogen (secondary N) is 2. The molecule has 0 atom stereocenters. The van der Waals surface area contributed by atoms with E-state index < -0.39 is 0 Å². The van der Waals surface area contributed by atoms with Crippen LogP contribution < -0.4 is 10.6 Å². The molecule has 1 aromatic carbocycles. The largest absolute Gasteiger partial charge is 0.356 e. The van der Waals surface area contributed by atoms with E-state index in [2.05, 4.69) is 75.4 Å². The average molecular weight is 397 g/mol. The topological polar surface area (TPSA) is 67.1 Å². The zero-order valence-electron chi connectivity index (χ0n) is 18.5. The molecule has 0 saturated carbocycles. The quantitative estimate of drug-likeness (QED) is 0.557. The first-order valence-corrected chi connectivity index (χ1v) is 11.0. The van der Waals surface area contributed by atoms with Gasteiger partial charge in [0.1, 0.15) is 11.6 Å². The Balaban J connectivity index is 1.50. The number of guanidine groups is 1. The molecule has 3 rings (SSSR count). The van der Waals surface area contributed by atoms with Crippen molar-refractivity contribution >= 4 is 5.96 Å². The normalized spacial score (nSPS) is 15.0. The van der Waals surface area contributed by atoms with Gasteiger partial charge in [0.2, 0.25) is 0 Å². The second kappa shape index (κ2) is 9.90. The van der Waals surface area contributed by atoms with Gasteiger partial charge in [-0.2, -0.15) is 0 Å². The van der Waals surface area contributed by atoms with Crippen molar-refractivity contribution in [3.05, 3.63) is 47.0 Å². The second-order valence-corrected chi connectivity index (χ2v) is 8.53. The molecule has 158 valence electrons. The van der Waals surface area contributed by atoms with Gasteiger partial charge in [0.05, 0.1) is 0 Å². The smallest absolute Gasteiger partial charge is 0.191 e. The molecule has 1 aromatic heterocycles. The van der Waals surface area contributed by atoms with Gasteiger partial charge >= 0.3 is 0 Å². The summed E-state index contributed by atoms with van der Waals surface area (Å²) in [6, 6.07) is 8.94. The van der Waals surface area contributed by atoms with Gasteiger partial charge < -0.3 is 15.2 Å². The summed E-state index contributed by atoms with van der Waals surface area (Å²) in [5.74, 6) is 3.07. The van der Waals surface area contributed by atoms with Crippen LogP contribution in [-0.4, -0.2) is 40.9 Å². The number of aromatic nitrogens is 3. The zero-order valence-corrected chi connectivity index (χ0v) is 18.5. The number of nitrogens with zero attached hydrogens (tertiary/aromatic N) is 4. The molecule has 0 aliphatic carbocycles. The molecule has 0 amide bonds. The van der Waals surface area contributed by atoms with E-state index in [1.54, 1.807) is 0 Å². The number of aliphatic imine (C=N–C) groups is 1. The van der Waals surface area contributed by atoms with Gasteiger partial charge in [0.15, 0.2) is 5.96 Å². The first-order chi connectivity index (χ1) is 14.0. The third kappa shape index (κ3) is 5.58. The number of hydrogen-bond acceptors (Lipinski definition) is 3. The third-order valence-corrected chi connectivity index (χ3v) is 5.89. The maximum Gasteiger partial charge on any atom is 0.191 e. The van der Waals surface area contributed by atoms with E-state index >= 15 is 0 Å². The number of benzene rings is 1. The van der Waals surface area contributed by atoms with Gasteiger partial charge in [0.25, 0.3) is 0 Å². The highest BCUT2D eigenvalue weighted by Crippen LogP contribution is 2.22. The molecule has 0 saturated heterocycles. The molecule has 2 heterocycles. The van der Waals surface area contributed by atoms with Crippen molar-refractivity contribution in [1.29, 1.82) is 0 Å². The van der Waals surface area contributed by atoms with Crippen LogP contribution in [0.25, 0.3) is 0 Å². The highest BCUT2D eigenvalue weighted by molar-refractivity contribution is 5.79. The Labute approximate surface area is 175 Å². The summed E-state index contributed by atoms with van der Waals surface area (Å²) in [6.07, 6.45) is 6.72. The Morgan fingerprint density at radius 2 is 1.90 bits per heavy atom. The predicted octanol–water partition coefficient (Wildman–Crippen LogP) is 3.25. The second-order valence-electron chi connectivity index (χ2n) is 8.53. The van der Waals surface area contributed by atoms with Crippen LogP contribution in [0.5, 0.6) is 0 Å². The van der Waals surface area contributed by atoms with Crippen molar-refractivity contribution in [3.63, 3.8) is 0 Å². The van der Waals surface area contributed by atoms with Crippen molar-refractivity contribution in [2.75, 3.05) is 20.1 Å². The standard InChI is InChI=1S/C23H36N6/c1-5-18-10-12-19(13-11-18)23(2,3)17-26-22(24-4)25-15-14-21-28-27-20-9-7-6-8-16-29(20)21/h10-13H,5-9,14-17H2,1-4H3,(H2,24,25,26). The molecule has 0 bridgehead atoms. The van der Waals surface area contributed by atoms with Gasteiger partial charge in [0, 0.05) is 44.9 Å². The van der Waals surface area contributed by atoms with Crippen molar-refractivity contribution in [1.82, 2.24) is 25.4 Å². The number of rotatable bonds is 7. The monoisotopic (exact) mass is 396 g/mol. The number of hydrogen-bond donors (Lipinski definition) is 2. The molecule has 0 spiro atoms. The summed E-state index contributed by atoms with van der Waals surface area (Å²) in [5, 5.41) is 15.7. The summed E-state index contributed by atoms with van der Waals surface area (Å²) < 4.78 is 2.31. The Kier molecular flexibility index (Phi) is 7.29. The van der Waals surface area contributed by atoms with Crippen LogP contribution in [0.15, 0.2) is 29.3 Å². The Morgan fingerprint density at radius 1 is 1.10 bits per heavy atom. The fourth-order valence-electron chi connectivity index (χ4n) is 3.84. The Hall–Kier alpha value is -2.37. The van der Waals surface area contributed by atoms with E-state index in [4.69, 9.17) is 0 Å². The molecule has 1 aliphatic heterocycles. The lowest BCUT2D eigenvalue weighted by molar-refractivity contribution is 0.508. The maximum atomic E-state index is 4.41. The highest BCUT2D eigenvalue weighted by atomic mass is 15.3. The van der Waals surface area contributed by atoms with Crippen LogP contribution in [0.1, 0.15) is 62.8 Å². The van der Waals surface area contributed by atoms with E-state index in [9.17, 15) is 0 Å². The molecular weight excluding hydrogens is 360 g/mol. The van der Waals surface area contributed by atoms with Gasteiger partial charge in [-0.05, 0) is 30.4 Å². The molecular formula is C23H36N6. The number of aryl methyl sites for hydroxylation is 2. The van der Waals surface area contributed by atoms with Crippen molar-refractivity contribution in [2.24, 2.45) is 4.99 Å². The van der Waals surface area contributed by atoms with Crippen molar-refractivity contribution < 1.29 is 0 Å². The summed E-state index contributed by atoms with van der Waals surface area (Å²) in [4.78, 5) is 4.39. The molecule has 2 aromatic rings. The van der Waals surface area contributed by atoms with Crippen LogP contribution in [-0.2, 0) is 31.2 Å². The van der Waals surface area contributed by atoms with Crippen LogP contribution in [0.4, 0.5) is 0 Å². The van der Waals surface area contributed by atoms with Crippen LogP contribution in [0, 0.1) is 0 Å². The SMILES string of the molecule is CCc1ccc(C(C)(C)CNC(=NC)NCCc2nnc3n2CCCCC3)cc1. The highest BCUT2D eigenvalue weighted by Gasteiger charge is 2.21. The minimum absolute atomic E-state index is 0.0220. The molecule has 2 N–H and O–H groups in total. The van der Waals surface area contributed by atoms with Gasteiger partial charge in [-0.3, -0.25) is 4.99 Å². The van der Waals surface area contributed by atoms with Crippen molar-refractivity contribution in [3.8, 4) is 0 Å². The Bertz CT molecular complexity index is 803. The lowest BCUT2D eigenvalue weighted by Gasteiger charge is -2.27. The first-order valence-electron chi connectivity index (χ1n) is 11.0. The summed E-state index contributed by atoms with van der Waals surface area (Å²) in [6.45, 7) is 9.38. The van der Waals surface area contributed by atoms with E-state index in [1.807, 2.05) is 7.05 Å². The average Bonchev–Trinajstić information content (AvgIpc) is 2.96. The van der Waals surface area contributed by atoms with Crippen LogP contribution >= 0.6 is 0 Å². The zero-order chi connectivity index (χ0) is 20.7. The summed E-state index contributed by atoms with van der Waals surface area (Å²) in [5.41, 5.74) is 2.74. The minimum Gasteiger partial charge on any atom is -0.356 e.